The summed E-state index contributed by atoms with van der Waals surface area (Å²) in [6.07, 6.45) is 4.29. The topological polar surface area (TPSA) is 30.8 Å². The van der Waals surface area contributed by atoms with E-state index in [0.717, 1.165) is 25.7 Å². The van der Waals surface area contributed by atoms with E-state index >= 15 is 0 Å². The zero-order valence-electron chi connectivity index (χ0n) is 15.1. The maximum absolute atomic E-state index is 13.5. The van der Waals surface area contributed by atoms with Gasteiger partial charge in [0.2, 0.25) is 0 Å². The predicted molar refractivity (Wildman–Crippen MR) is 93.7 cm³/mol. The molecule has 0 aliphatic heterocycles. The molecule has 0 amide bonds. The van der Waals surface area contributed by atoms with Crippen LogP contribution in [0.1, 0.15) is 37.7 Å². The number of halogens is 1. The molecule has 130 valence electrons. The molecule has 0 heterocycles. The first kappa shape index (κ1) is 21.5. The number of rotatable bonds is 5. The van der Waals surface area contributed by atoms with Gasteiger partial charge in [-0.3, -0.25) is 0 Å². The Hall–Kier alpha value is -1.55. The van der Waals surface area contributed by atoms with Crippen LogP contribution >= 0.6 is 0 Å². The molecule has 25 heavy (non-hydrogen) atoms. The summed E-state index contributed by atoms with van der Waals surface area (Å²) in [4.78, 5) is 5.76. The van der Waals surface area contributed by atoms with Crippen molar-refractivity contribution in [3.63, 3.8) is 0 Å². The smallest absolute Gasteiger partial charge is 0.494 e. The molecule has 1 fully saturated rings. The summed E-state index contributed by atoms with van der Waals surface area (Å²) in [6.45, 7) is 11.6. The van der Waals surface area contributed by atoms with Crippen molar-refractivity contribution in [2.24, 2.45) is 11.1 Å². The first-order chi connectivity index (χ1) is 11.5. The van der Waals surface area contributed by atoms with Gasteiger partial charge in [-0.25, -0.2) is 10.8 Å². The van der Waals surface area contributed by atoms with Gasteiger partial charge in [-0.05, 0) is 37.0 Å². The van der Waals surface area contributed by atoms with Gasteiger partial charge in [0, 0.05) is 18.4 Å². The molecule has 1 aromatic rings. The van der Waals surface area contributed by atoms with Crippen LogP contribution < -0.4 is 23.6 Å². The molecule has 1 aromatic carbocycles. The number of nitrogens with zero attached hydrogens (tertiary/aromatic N) is 1. The minimum atomic E-state index is -0.620. The number of oxime groups is 1. The van der Waals surface area contributed by atoms with Crippen LogP contribution in [0.3, 0.4) is 0 Å². The minimum Gasteiger partial charge on any atom is -0.494 e. The van der Waals surface area contributed by atoms with E-state index in [1.165, 1.54) is 13.2 Å². The third-order valence-corrected chi connectivity index (χ3v) is 4.15. The van der Waals surface area contributed by atoms with E-state index in [2.05, 4.69) is 37.8 Å². The average Bonchev–Trinajstić information content (AvgIpc) is 3.07. The van der Waals surface area contributed by atoms with Crippen LogP contribution in [0.4, 0.5) is 4.39 Å². The second-order valence-corrected chi connectivity index (χ2v) is 5.96. The van der Waals surface area contributed by atoms with Gasteiger partial charge < -0.3 is 30.3 Å². The van der Waals surface area contributed by atoms with E-state index < -0.39 is 11.4 Å². The molecule has 5 heteroatoms. The molecule has 0 radical (unpaired) electrons. The molecule has 1 saturated carbocycles. The summed E-state index contributed by atoms with van der Waals surface area (Å²) in [7, 11) is 1.43. The second-order valence-electron chi connectivity index (χ2n) is 5.96. The van der Waals surface area contributed by atoms with Gasteiger partial charge in [0.15, 0.2) is 17.2 Å². The Balaban J connectivity index is 0.00000312. The molecule has 3 nitrogen and oxygen atoms in total. The van der Waals surface area contributed by atoms with E-state index in [1.54, 1.807) is 12.1 Å². The van der Waals surface area contributed by atoms with Gasteiger partial charge in [0.1, 0.15) is 0 Å². The largest absolute Gasteiger partial charge is 1.00 e. The monoisotopic (exact) mass is 335 g/mol. The van der Waals surface area contributed by atoms with E-state index in [-0.39, 0.29) is 30.5 Å². The summed E-state index contributed by atoms with van der Waals surface area (Å²) in [5, 5.41) is 4.13. The van der Waals surface area contributed by atoms with E-state index in [9.17, 15) is 4.39 Å². The van der Waals surface area contributed by atoms with Gasteiger partial charge >= 0.3 is 18.9 Å². The first-order valence-corrected chi connectivity index (χ1v) is 8.07. The molecule has 1 aliphatic carbocycles. The van der Waals surface area contributed by atoms with Crippen molar-refractivity contribution in [3.05, 3.63) is 50.4 Å². The normalized spacial score (nSPS) is 17.0. The summed E-state index contributed by atoms with van der Waals surface area (Å²) >= 11 is 0. The fourth-order valence-corrected chi connectivity index (χ4v) is 2.50. The Morgan fingerprint density at radius 3 is 2.68 bits per heavy atom. The Labute approximate surface area is 162 Å². The fourth-order valence-electron chi connectivity index (χ4n) is 2.50. The third-order valence-electron chi connectivity index (χ3n) is 4.15. The SMILES string of the molecule is [CH2-]C[C@H]([CH2-])/C([CH2-])=N/OC1(C#Cc2ccc(F)c(OC)c2)CCCC1.[Li+]. The molecule has 0 N–H and O–H groups in total. The standard InChI is InChI=1S/C20H23FNO2.Li/c1-5-15(2)16(3)22-24-20(11-6-7-12-20)13-10-17-8-9-18(21)19(14-17)23-4;/h8-9,14-15H,1-3,5-7,11-12H2,4H3;/q-3;+1/b22-16+;/t15-;/m0./s1. The Morgan fingerprint density at radius 1 is 1.40 bits per heavy atom. The number of ether oxygens (including phenoxy) is 1. The van der Waals surface area contributed by atoms with Crippen LogP contribution in [0.2, 0.25) is 0 Å². The summed E-state index contributed by atoms with van der Waals surface area (Å²) < 4.78 is 18.5. The van der Waals surface area contributed by atoms with Crippen molar-refractivity contribution >= 4 is 5.71 Å². The first-order valence-electron chi connectivity index (χ1n) is 8.07. The number of hydrogen-bond acceptors (Lipinski definition) is 3. The zero-order valence-corrected chi connectivity index (χ0v) is 15.1. The molecule has 2 rings (SSSR count). The van der Waals surface area contributed by atoms with Crippen molar-refractivity contribution in [3.8, 4) is 17.6 Å². The van der Waals surface area contributed by atoms with Crippen LogP contribution in [0.5, 0.6) is 5.75 Å². The Kier molecular flexibility index (Phi) is 8.43. The quantitative estimate of drug-likeness (QED) is 0.268. The van der Waals surface area contributed by atoms with Crippen LogP contribution in [-0.4, -0.2) is 18.4 Å². The van der Waals surface area contributed by atoms with Crippen molar-refractivity contribution in [1.29, 1.82) is 0 Å². The van der Waals surface area contributed by atoms with Gasteiger partial charge in [0.05, 0.1) is 7.11 Å². The molecular weight excluding hydrogens is 312 g/mol. The van der Waals surface area contributed by atoms with Crippen LogP contribution in [0.25, 0.3) is 0 Å². The predicted octanol–water partition coefficient (Wildman–Crippen LogP) is 1.38. The molecular formula is C20H23FLiNO2-2. The van der Waals surface area contributed by atoms with Crippen molar-refractivity contribution in [2.45, 2.75) is 37.7 Å². The van der Waals surface area contributed by atoms with Gasteiger partial charge in [-0.2, -0.15) is 5.92 Å². The number of methoxy groups -OCH3 is 1. The fraction of sp³-hybridized carbons (Fsp3) is 0.400. The minimum absolute atomic E-state index is 0. The van der Waals surface area contributed by atoms with Crippen molar-refractivity contribution in [1.82, 2.24) is 0 Å². The molecule has 0 spiro atoms. The van der Waals surface area contributed by atoms with Crippen LogP contribution in [-0.2, 0) is 4.84 Å². The number of hydrogen-bond donors (Lipinski definition) is 0. The zero-order chi connectivity index (χ0) is 17.6. The molecule has 0 bridgehead atoms. The molecule has 0 unspecified atom stereocenters. The third kappa shape index (κ3) is 5.74. The molecule has 1 atom stereocenters. The van der Waals surface area contributed by atoms with Crippen LogP contribution in [0, 0.1) is 44.3 Å². The van der Waals surface area contributed by atoms with Gasteiger partial charge in [0.25, 0.3) is 0 Å². The molecule has 0 aromatic heterocycles. The van der Waals surface area contributed by atoms with E-state index in [1.807, 2.05) is 0 Å². The van der Waals surface area contributed by atoms with E-state index in [4.69, 9.17) is 9.57 Å². The second kappa shape index (κ2) is 9.81. The molecule has 0 saturated heterocycles. The Bertz CT molecular complexity index is 657. The average molecular weight is 335 g/mol. The van der Waals surface area contributed by atoms with Crippen LogP contribution in [0.15, 0.2) is 23.4 Å². The van der Waals surface area contributed by atoms with Gasteiger partial charge in [-0.1, -0.05) is 5.92 Å². The van der Waals surface area contributed by atoms with Crippen molar-refractivity contribution < 1.29 is 32.8 Å². The Morgan fingerprint density at radius 2 is 2.08 bits per heavy atom. The summed E-state index contributed by atoms with van der Waals surface area (Å²) in [5.41, 5.74) is 0.627. The van der Waals surface area contributed by atoms with Gasteiger partial charge in [-0.15, -0.1) is 10.9 Å². The molecule has 1 aliphatic rings. The maximum Gasteiger partial charge on any atom is 1.00 e. The summed E-state index contributed by atoms with van der Waals surface area (Å²) in [5.74, 6) is 5.93. The summed E-state index contributed by atoms with van der Waals surface area (Å²) in [6, 6.07) is 4.55. The maximum atomic E-state index is 13.5. The van der Waals surface area contributed by atoms with Crippen molar-refractivity contribution in [2.75, 3.05) is 7.11 Å². The van der Waals surface area contributed by atoms with E-state index in [0.29, 0.717) is 17.7 Å². The number of benzene rings is 1.